The summed E-state index contributed by atoms with van der Waals surface area (Å²) in [5.74, 6) is -0.0102. The molecule has 0 saturated heterocycles. The standard InChI is InChI=1S/C11H14N4O2S2/c1-2-8(11-14-6-7-18-11)15-19(16,17)9-4-3-5-13-10(9)12/h3-8,15H,2H2,1H3,(H2,12,13). The van der Waals surface area contributed by atoms with E-state index < -0.39 is 10.0 Å². The van der Waals surface area contributed by atoms with Gasteiger partial charge in [-0.1, -0.05) is 6.92 Å². The highest BCUT2D eigenvalue weighted by molar-refractivity contribution is 7.89. The zero-order chi connectivity index (χ0) is 13.9. The zero-order valence-corrected chi connectivity index (χ0v) is 11.9. The summed E-state index contributed by atoms with van der Waals surface area (Å²) in [7, 11) is -3.70. The molecule has 19 heavy (non-hydrogen) atoms. The summed E-state index contributed by atoms with van der Waals surface area (Å²) in [6.07, 6.45) is 3.70. The third-order valence-corrected chi connectivity index (χ3v) is 4.95. The molecule has 2 aromatic heterocycles. The monoisotopic (exact) mass is 298 g/mol. The Morgan fingerprint density at radius 3 is 2.79 bits per heavy atom. The van der Waals surface area contributed by atoms with Crippen molar-refractivity contribution < 1.29 is 8.42 Å². The van der Waals surface area contributed by atoms with E-state index in [1.807, 2.05) is 12.3 Å². The molecule has 0 aliphatic rings. The summed E-state index contributed by atoms with van der Waals surface area (Å²) in [4.78, 5) is 7.91. The Hall–Kier alpha value is -1.51. The van der Waals surface area contributed by atoms with E-state index in [4.69, 9.17) is 5.73 Å². The smallest absolute Gasteiger partial charge is 0.244 e. The zero-order valence-electron chi connectivity index (χ0n) is 10.3. The van der Waals surface area contributed by atoms with Gasteiger partial charge in [0, 0.05) is 17.8 Å². The van der Waals surface area contributed by atoms with Crippen LogP contribution in [-0.2, 0) is 10.0 Å². The third-order valence-electron chi connectivity index (χ3n) is 2.54. The van der Waals surface area contributed by atoms with Crippen molar-refractivity contribution in [1.82, 2.24) is 14.7 Å². The average molecular weight is 298 g/mol. The van der Waals surface area contributed by atoms with Gasteiger partial charge in [-0.05, 0) is 18.6 Å². The van der Waals surface area contributed by atoms with Crippen molar-refractivity contribution in [2.45, 2.75) is 24.3 Å². The predicted molar refractivity (Wildman–Crippen MR) is 74.1 cm³/mol. The first-order valence-electron chi connectivity index (χ1n) is 5.67. The molecule has 0 radical (unpaired) electrons. The van der Waals surface area contributed by atoms with Crippen LogP contribution in [0.3, 0.4) is 0 Å². The normalized spacial score (nSPS) is 13.3. The lowest BCUT2D eigenvalue weighted by Gasteiger charge is -2.15. The Kier molecular flexibility index (Phi) is 4.13. The summed E-state index contributed by atoms with van der Waals surface area (Å²) >= 11 is 1.41. The third kappa shape index (κ3) is 3.09. The molecule has 0 spiro atoms. The first-order valence-corrected chi connectivity index (χ1v) is 8.03. The minimum atomic E-state index is -3.70. The maximum absolute atomic E-state index is 12.3. The van der Waals surface area contributed by atoms with Gasteiger partial charge in [0.05, 0.1) is 6.04 Å². The summed E-state index contributed by atoms with van der Waals surface area (Å²) in [6.45, 7) is 1.89. The molecule has 0 fully saturated rings. The molecule has 8 heteroatoms. The molecule has 1 atom stereocenters. The van der Waals surface area contributed by atoms with Crippen LogP contribution < -0.4 is 10.5 Å². The molecule has 2 rings (SSSR count). The van der Waals surface area contributed by atoms with Gasteiger partial charge in [-0.25, -0.2) is 23.1 Å². The van der Waals surface area contributed by atoms with Gasteiger partial charge in [-0.2, -0.15) is 0 Å². The summed E-state index contributed by atoms with van der Waals surface area (Å²) in [5, 5.41) is 2.54. The summed E-state index contributed by atoms with van der Waals surface area (Å²) in [6, 6.07) is 2.61. The SMILES string of the molecule is CCC(NS(=O)(=O)c1cccnc1N)c1nccs1. The number of nitrogens with zero attached hydrogens (tertiary/aromatic N) is 2. The van der Waals surface area contributed by atoms with E-state index in [2.05, 4.69) is 14.7 Å². The van der Waals surface area contributed by atoms with Crippen LogP contribution in [0.5, 0.6) is 0 Å². The van der Waals surface area contributed by atoms with Crippen molar-refractivity contribution in [3.63, 3.8) is 0 Å². The lowest BCUT2D eigenvalue weighted by atomic mass is 10.3. The van der Waals surface area contributed by atoms with Gasteiger partial charge in [0.1, 0.15) is 15.7 Å². The fourth-order valence-corrected chi connectivity index (χ4v) is 3.81. The number of thiazole rings is 1. The molecular formula is C11H14N4O2S2. The Morgan fingerprint density at radius 2 is 2.21 bits per heavy atom. The molecule has 6 nitrogen and oxygen atoms in total. The van der Waals surface area contributed by atoms with Gasteiger partial charge in [0.2, 0.25) is 10.0 Å². The minimum absolute atomic E-state index is 0.00925. The van der Waals surface area contributed by atoms with Crippen molar-refractivity contribution in [1.29, 1.82) is 0 Å². The molecule has 0 amide bonds. The van der Waals surface area contributed by atoms with E-state index in [1.54, 1.807) is 6.20 Å². The van der Waals surface area contributed by atoms with E-state index in [1.165, 1.54) is 29.7 Å². The molecule has 0 bridgehead atoms. The lowest BCUT2D eigenvalue weighted by molar-refractivity contribution is 0.549. The highest BCUT2D eigenvalue weighted by Gasteiger charge is 2.23. The number of sulfonamides is 1. The second-order valence-corrected chi connectivity index (χ2v) is 6.45. The Labute approximate surface area is 115 Å². The quantitative estimate of drug-likeness (QED) is 0.872. The van der Waals surface area contributed by atoms with Crippen molar-refractivity contribution in [3.05, 3.63) is 34.9 Å². The minimum Gasteiger partial charge on any atom is -0.383 e. The van der Waals surface area contributed by atoms with Gasteiger partial charge >= 0.3 is 0 Å². The molecule has 1 unspecified atom stereocenters. The van der Waals surface area contributed by atoms with Crippen LogP contribution in [0.4, 0.5) is 5.82 Å². The predicted octanol–water partition coefficient (Wildman–Crippen LogP) is 1.55. The number of hydrogen-bond donors (Lipinski definition) is 2. The number of nitrogens with one attached hydrogen (secondary N) is 1. The number of pyridine rings is 1. The van der Waals surface area contributed by atoms with E-state index in [9.17, 15) is 8.42 Å². The molecule has 2 aromatic rings. The van der Waals surface area contributed by atoms with Gasteiger partial charge in [-0.15, -0.1) is 11.3 Å². The fourth-order valence-electron chi connectivity index (χ4n) is 1.60. The molecule has 2 heterocycles. The molecule has 0 aliphatic heterocycles. The highest BCUT2D eigenvalue weighted by atomic mass is 32.2. The number of anilines is 1. The van der Waals surface area contributed by atoms with Crippen molar-refractivity contribution in [3.8, 4) is 0 Å². The molecule has 0 aromatic carbocycles. The summed E-state index contributed by atoms with van der Waals surface area (Å²) in [5.41, 5.74) is 5.60. The van der Waals surface area contributed by atoms with Crippen LogP contribution in [0.15, 0.2) is 34.8 Å². The van der Waals surface area contributed by atoms with Gasteiger partial charge < -0.3 is 5.73 Å². The highest BCUT2D eigenvalue weighted by Crippen LogP contribution is 2.23. The lowest BCUT2D eigenvalue weighted by Crippen LogP contribution is -2.29. The Balaban J connectivity index is 2.29. The molecule has 0 saturated carbocycles. The van der Waals surface area contributed by atoms with E-state index in [-0.39, 0.29) is 16.8 Å². The van der Waals surface area contributed by atoms with Gasteiger partial charge in [0.25, 0.3) is 0 Å². The first kappa shape index (κ1) is 13.9. The van der Waals surface area contributed by atoms with Crippen LogP contribution in [0.2, 0.25) is 0 Å². The number of hydrogen-bond acceptors (Lipinski definition) is 6. The Morgan fingerprint density at radius 1 is 1.42 bits per heavy atom. The molecule has 3 N–H and O–H groups in total. The van der Waals surface area contributed by atoms with Gasteiger partial charge in [0.15, 0.2) is 0 Å². The number of rotatable bonds is 5. The van der Waals surface area contributed by atoms with Crippen molar-refractivity contribution >= 4 is 27.2 Å². The number of aromatic nitrogens is 2. The second-order valence-electron chi connectivity index (χ2n) is 3.84. The van der Waals surface area contributed by atoms with Crippen LogP contribution in [0, 0.1) is 0 Å². The average Bonchev–Trinajstić information content (AvgIpc) is 2.90. The number of nitrogen functional groups attached to an aromatic ring is 1. The summed E-state index contributed by atoms with van der Waals surface area (Å²) < 4.78 is 27.1. The topological polar surface area (TPSA) is 98.0 Å². The first-order chi connectivity index (χ1) is 9.04. The maximum atomic E-state index is 12.3. The molecule has 102 valence electrons. The largest absolute Gasteiger partial charge is 0.383 e. The Bertz CT molecular complexity index is 640. The van der Waals surface area contributed by atoms with E-state index in [0.717, 1.165) is 5.01 Å². The van der Waals surface area contributed by atoms with Crippen LogP contribution >= 0.6 is 11.3 Å². The second kappa shape index (κ2) is 5.64. The van der Waals surface area contributed by atoms with Crippen LogP contribution in [0.1, 0.15) is 24.4 Å². The van der Waals surface area contributed by atoms with Crippen LogP contribution in [0.25, 0.3) is 0 Å². The maximum Gasteiger partial charge on any atom is 0.244 e. The molecular weight excluding hydrogens is 284 g/mol. The van der Waals surface area contributed by atoms with E-state index >= 15 is 0 Å². The van der Waals surface area contributed by atoms with E-state index in [0.29, 0.717) is 6.42 Å². The molecule has 0 aliphatic carbocycles. The van der Waals surface area contributed by atoms with Gasteiger partial charge in [-0.3, -0.25) is 0 Å². The van der Waals surface area contributed by atoms with Crippen molar-refractivity contribution in [2.24, 2.45) is 0 Å². The number of nitrogens with two attached hydrogens (primary N) is 1. The fraction of sp³-hybridized carbons (Fsp3) is 0.273. The van der Waals surface area contributed by atoms with Crippen LogP contribution in [-0.4, -0.2) is 18.4 Å². The van der Waals surface area contributed by atoms with Crippen molar-refractivity contribution in [2.75, 3.05) is 5.73 Å².